The van der Waals surface area contributed by atoms with Gasteiger partial charge in [0.15, 0.2) is 0 Å². The summed E-state index contributed by atoms with van der Waals surface area (Å²) in [6.45, 7) is 0. The lowest BCUT2D eigenvalue weighted by Gasteiger charge is -2.20. The van der Waals surface area contributed by atoms with E-state index in [9.17, 15) is 18.0 Å². The zero-order chi connectivity index (χ0) is 13.3. The van der Waals surface area contributed by atoms with E-state index in [1.54, 1.807) is 0 Å². The number of nitrogens with zero attached hydrogens (tertiary/aromatic N) is 2. The first-order chi connectivity index (χ1) is 8.35. The van der Waals surface area contributed by atoms with Crippen molar-refractivity contribution in [3.63, 3.8) is 0 Å². The lowest BCUT2D eigenvalue weighted by atomic mass is 9.87. The van der Waals surface area contributed by atoms with Crippen molar-refractivity contribution in [1.82, 2.24) is 9.97 Å². The third-order valence-corrected chi connectivity index (χ3v) is 2.91. The fraction of sp³-hybridized carbons (Fsp3) is 0.545. The summed E-state index contributed by atoms with van der Waals surface area (Å²) in [4.78, 5) is 18.3. The highest BCUT2D eigenvalue weighted by atomic mass is 19.4. The van der Waals surface area contributed by atoms with Gasteiger partial charge in [0.1, 0.15) is 12.2 Å². The van der Waals surface area contributed by atoms with Gasteiger partial charge >= 0.3 is 12.1 Å². The molecule has 2 rings (SSSR count). The third-order valence-electron chi connectivity index (χ3n) is 2.91. The van der Waals surface area contributed by atoms with Crippen LogP contribution in [-0.2, 0) is 24.1 Å². The molecule has 1 atom stereocenters. The molecule has 1 aromatic rings. The molecule has 1 aliphatic rings. The smallest absolute Gasteiger partial charge is 0.396 e. The number of aromatic nitrogens is 2. The molecule has 7 heteroatoms. The SMILES string of the molecule is O=C(O)C1CCc2nc(CC(F)(F)F)ncc2C1. The van der Waals surface area contributed by atoms with Crippen molar-refractivity contribution in [2.24, 2.45) is 5.92 Å². The minimum absolute atomic E-state index is 0.255. The van der Waals surface area contributed by atoms with Crippen LogP contribution in [0.5, 0.6) is 0 Å². The monoisotopic (exact) mass is 260 g/mol. The van der Waals surface area contributed by atoms with Gasteiger partial charge in [0.2, 0.25) is 0 Å². The summed E-state index contributed by atoms with van der Waals surface area (Å²) in [6.07, 6.45) is -3.07. The molecule has 0 radical (unpaired) electrons. The Morgan fingerprint density at radius 2 is 2.22 bits per heavy atom. The van der Waals surface area contributed by atoms with Crippen LogP contribution in [0, 0.1) is 5.92 Å². The number of carboxylic acid groups (broad SMARTS) is 1. The van der Waals surface area contributed by atoms with Gasteiger partial charge in [-0.25, -0.2) is 9.97 Å². The molecule has 1 aromatic heterocycles. The van der Waals surface area contributed by atoms with Crippen molar-refractivity contribution >= 4 is 5.97 Å². The molecule has 0 spiro atoms. The molecule has 0 saturated carbocycles. The predicted molar refractivity (Wildman–Crippen MR) is 54.9 cm³/mol. The number of rotatable bonds is 2. The zero-order valence-corrected chi connectivity index (χ0v) is 9.37. The fourth-order valence-electron chi connectivity index (χ4n) is 2.02. The van der Waals surface area contributed by atoms with Crippen LogP contribution in [-0.4, -0.2) is 27.2 Å². The Balaban J connectivity index is 2.17. The molecule has 1 heterocycles. The number of aliphatic carboxylic acids is 1. The summed E-state index contributed by atoms with van der Waals surface area (Å²) in [5.41, 5.74) is 1.18. The molecule has 98 valence electrons. The Morgan fingerprint density at radius 1 is 1.50 bits per heavy atom. The number of fused-ring (bicyclic) bond motifs is 1. The van der Waals surface area contributed by atoms with E-state index in [1.807, 2.05) is 0 Å². The summed E-state index contributed by atoms with van der Waals surface area (Å²) in [5.74, 6) is -1.63. The van der Waals surface area contributed by atoms with Gasteiger partial charge in [-0.1, -0.05) is 0 Å². The van der Waals surface area contributed by atoms with E-state index in [4.69, 9.17) is 5.11 Å². The van der Waals surface area contributed by atoms with Crippen LogP contribution >= 0.6 is 0 Å². The van der Waals surface area contributed by atoms with Gasteiger partial charge in [-0.15, -0.1) is 0 Å². The Morgan fingerprint density at radius 3 is 2.83 bits per heavy atom. The minimum Gasteiger partial charge on any atom is -0.481 e. The Labute approximate surface area is 101 Å². The van der Waals surface area contributed by atoms with Gasteiger partial charge < -0.3 is 5.11 Å². The molecular formula is C11H11F3N2O2. The molecule has 0 aliphatic heterocycles. The highest BCUT2D eigenvalue weighted by Crippen LogP contribution is 2.25. The molecule has 0 bridgehead atoms. The maximum Gasteiger partial charge on any atom is 0.396 e. The number of hydrogen-bond donors (Lipinski definition) is 1. The van der Waals surface area contributed by atoms with Crippen LogP contribution < -0.4 is 0 Å². The van der Waals surface area contributed by atoms with E-state index >= 15 is 0 Å². The van der Waals surface area contributed by atoms with Gasteiger partial charge in [0.25, 0.3) is 0 Å². The van der Waals surface area contributed by atoms with E-state index in [2.05, 4.69) is 9.97 Å². The quantitative estimate of drug-likeness (QED) is 0.880. The molecule has 1 unspecified atom stereocenters. The lowest BCUT2D eigenvalue weighted by molar-refractivity contribution is -0.142. The Bertz CT molecular complexity index is 474. The summed E-state index contributed by atoms with van der Waals surface area (Å²) < 4.78 is 36.6. The number of halogens is 3. The normalized spacial score (nSPS) is 19.4. The first-order valence-corrected chi connectivity index (χ1v) is 5.48. The van der Waals surface area contributed by atoms with Gasteiger partial charge in [-0.3, -0.25) is 4.79 Å². The van der Waals surface area contributed by atoms with Crippen LogP contribution in [0.2, 0.25) is 0 Å². The van der Waals surface area contributed by atoms with E-state index < -0.39 is 24.5 Å². The van der Waals surface area contributed by atoms with E-state index in [-0.39, 0.29) is 12.2 Å². The molecular weight excluding hydrogens is 249 g/mol. The maximum atomic E-state index is 12.2. The first kappa shape index (κ1) is 12.8. The molecule has 4 nitrogen and oxygen atoms in total. The maximum absolute atomic E-state index is 12.2. The molecule has 0 aromatic carbocycles. The first-order valence-electron chi connectivity index (χ1n) is 5.48. The van der Waals surface area contributed by atoms with Crippen LogP contribution in [0.25, 0.3) is 0 Å². The van der Waals surface area contributed by atoms with Crippen molar-refractivity contribution in [1.29, 1.82) is 0 Å². The molecule has 0 amide bonds. The fourth-order valence-corrected chi connectivity index (χ4v) is 2.02. The van der Waals surface area contributed by atoms with E-state index in [0.717, 1.165) is 0 Å². The van der Waals surface area contributed by atoms with E-state index in [1.165, 1.54) is 6.20 Å². The zero-order valence-electron chi connectivity index (χ0n) is 9.37. The van der Waals surface area contributed by atoms with Crippen molar-refractivity contribution in [2.75, 3.05) is 0 Å². The van der Waals surface area contributed by atoms with Gasteiger partial charge in [0, 0.05) is 11.9 Å². The molecule has 1 aliphatic carbocycles. The number of hydrogen-bond acceptors (Lipinski definition) is 3. The van der Waals surface area contributed by atoms with Gasteiger partial charge in [0.05, 0.1) is 5.92 Å². The number of aryl methyl sites for hydroxylation is 1. The number of alkyl halides is 3. The third kappa shape index (κ3) is 2.96. The predicted octanol–water partition coefficient (Wildman–Crippen LogP) is 1.77. The molecule has 0 saturated heterocycles. The summed E-state index contributed by atoms with van der Waals surface area (Å²) >= 11 is 0. The molecule has 1 N–H and O–H groups in total. The van der Waals surface area contributed by atoms with Crippen LogP contribution in [0.1, 0.15) is 23.5 Å². The van der Waals surface area contributed by atoms with Crippen LogP contribution in [0.15, 0.2) is 6.20 Å². The summed E-state index contributed by atoms with van der Waals surface area (Å²) in [5, 5.41) is 8.88. The highest BCUT2D eigenvalue weighted by Gasteiger charge is 2.31. The second kappa shape index (κ2) is 4.55. The average molecular weight is 260 g/mol. The summed E-state index contributed by atoms with van der Waals surface area (Å²) in [6, 6.07) is 0. The number of carbonyl (C=O) groups is 1. The highest BCUT2D eigenvalue weighted by molar-refractivity contribution is 5.70. The topological polar surface area (TPSA) is 63.1 Å². The average Bonchev–Trinajstić information content (AvgIpc) is 2.26. The minimum atomic E-state index is -4.33. The lowest BCUT2D eigenvalue weighted by Crippen LogP contribution is -2.24. The Kier molecular flexibility index (Phi) is 3.23. The standard InChI is InChI=1S/C11H11F3N2O2/c12-11(13,14)4-9-15-5-7-3-6(10(17)18)1-2-8(7)16-9/h5-6H,1-4H2,(H,17,18). The van der Waals surface area contributed by atoms with Crippen molar-refractivity contribution in [3.8, 4) is 0 Å². The van der Waals surface area contributed by atoms with Gasteiger partial charge in [-0.2, -0.15) is 13.2 Å². The summed E-state index contributed by atoms with van der Waals surface area (Å²) in [7, 11) is 0. The molecule has 18 heavy (non-hydrogen) atoms. The Hall–Kier alpha value is -1.66. The van der Waals surface area contributed by atoms with Crippen molar-refractivity contribution in [2.45, 2.75) is 31.9 Å². The number of carboxylic acids is 1. The molecule has 0 fully saturated rings. The van der Waals surface area contributed by atoms with Crippen molar-refractivity contribution < 1.29 is 23.1 Å². The van der Waals surface area contributed by atoms with Gasteiger partial charge in [-0.05, 0) is 24.8 Å². The second-order valence-electron chi connectivity index (χ2n) is 4.33. The second-order valence-corrected chi connectivity index (χ2v) is 4.33. The van der Waals surface area contributed by atoms with E-state index in [0.29, 0.717) is 24.1 Å². The van der Waals surface area contributed by atoms with Crippen LogP contribution in [0.3, 0.4) is 0 Å². The largest absolute Gasteiger partial charge is 0.481 e. The van der Waals surface area contributed by atoms with Crippen molar-refractivity contribution in [3.05, 3.63) is 23.3 Å². The van der Waals surface area contributed by atoms with Crippen LogP contribution in [0.4, 0.5) is 13.2 Å².